The molecule has 20 heavy (non-hydrogen) atoms. The summed E-state index contributed by atoms with van der Waals surface area (Å²) in [6.07, 6.45) is 0.456. The predicted octanol–water partition coefficient (Wildman–Crippen LogP) is 2.91. The van der Waals surface area contributed by atoms with E-state index in [0.29, 0.717) is 11.4 Å². The number of benzene rings is 1. The molecular formula is C11H13Cl3N2O3S. The van der Waals surface area contributed by atoms with E-state index in [1.54, 1.807) is 6.92 Å². The van der Waals surface area contributed by atoms with Crippen LogP contribution in [0.1, 0.15) is 13.3 Å². The molecule has 0 spiro atoms. The SMILES string of the molecule is CCCS(=O)(=O)CC(=O)NNc1c(Cl)cc(Cl)cc1Cl. The predicted molar refractivity (Wildman–Crippen MR) is 82.2 cm³/mol. The monoisotopic (exact) mass is 358 g/mol. The van der Waals surface area contributed by atoms with Gasteiger partial charge in [-0.2, -0.15) is 0 Å². The largest absolute Gasteiger partial charge is 0.296 e. The molecule has 0 heterocycles. The van der Waals surface area contributed by atoms with Crippen LogP contribution in [0.5, 0.6) is 0 Å². The summed E-state index contributed by atoms with van der Waals surface area (Å²) in [6, 6.07) is 2.88. The van der Waals surface area contributed by atoms with Gasteiger partial charge in [0, 0.05) is 5.02 Å². The third kappa shape index (κ3) is 5.36. The first-order chi connectivity index (χ1) is 9.25. The smallest absolute Gasteiger partial charge is 0.253 e. The third-order valence-corrected chi connectivity index (χ3v) is 4.75. The Hall–Kier alpha value is -0.690. The van der Waals surface area contributed by atoms with Crippen LogP contribution >= 0.6 is 34.8 Å². The number of anilines is 1. The van der Waals surface area contributed by atoms with Gasteiger partial charge in [0.1, 0.15) is 5.75 Å². The number of rotatable bonds is 6. The standard InChI is InChI=1S/C11H13Cl3N2O3S/c1-2-3-20(18,19)6-10(17)15-16-11-8(13)4-7(12)5-9(11)14/h4-5,16H,2-3,6H2,1H3,(H,15,17). The molecule has 0 aromatic heterocycles. The maximum absolute atomic E-state index is 11.5. The van der Waals surface area contributed by atoms with Gasteiger partial charge in [0.05, 0.1) is 21.5 Å². The molecule has 5 nitrogen and oxygen atoms in total. The van der Waals surface area contributed by atoms with Crippen molar-refractivity contribution in [3.8, 4) is 0 Å². The second-order valence-corrected chi connectivity index (χ2v) is 7.44. The van der Waals surface area contributed by atoms with Crippen LogP contribution < -0.4 is 10.9 Å². The van der Waals surface area contributed by atoms with Gasteiger partial charge in [-0.3, -0.25) is 15.6 Å². The summed E-state index contributed by atoms with van der Waals surface area (Å²) in [5.41, 5.74) is 4.97. The second kappa shape index (κ2) is 7.36. The second-order valence-electron chi connectivity index (χ2n) is 4.01. The fourth-order valence-corrected chi connectivity index (χ4v) is 3.56. The molecule has 112 valence electrons. The summed E-state index contributed by atoms with van der Waals surface area (Å²) in [6.45, 7) is 1.72. The number of hydrogen-bond acceptors (Lipinski definition) is 4. The van der Waals surface area contributed by atoms with Crippen molar-refractivity contribution in [2.24, 2.45) is 0 Å². The molecule has 0 fully saturated rings. The van der Waals surface area contributed by atoms with Gasteiger partial charge < -0.3 is 0 Å². The molecule has 1 aromatic carbocycles. The zero-order chi connectivity index (χ0) is 15.3. The first kappa shape index (κ1) is 17.4. The summed E-state index contributed by atoms with van der Waals surface area (Å²) in [4.78, 5) is 11.5. The average molecular weight is 360 g/mol. The maximum atomic E-state index is 11.5. The number of carbonyl (C=O) groups is 1. The molecule has 9 heteroatoms. The molecule has 0 saturated heterocycles. The average Bonchev–Trinajstić information content (AvgIpc) is 2.26. The van der Waals surface area contributed by atoms with E-state index in [1.165, 1.54) is 12.1 Å². The van der Waals surface area contributed by atoms with Gasteiger partial charge in [0.2, 0.25) is 0 Å². The van der Waals surface area contributed by atoms with Crippen molar-refractivity contribution in [2.75, 3.05) is 16.9 Å². The van der Waals surface area contributed by atoms with Gasteiger partial charge in [-0.05, 0) is 18.6 Å². The van der Waals surface area contributed by atoms with Crippen LogP contribution in [0.15, 0.2) is 12.1 Å². The molecule has 2 N–H and O–H groups in total. The highest BCUT2D eigenvalue weighted by atomic mass is 35.5. The lowest BCUT2D eigenvalue weighted by molar-refractivity contribution is -0.118. The molecule has 0 bridgehead atoms. The van der Waals surface area contributed by atoms with Gasteiger partial charge >= 0.3 is 0 Å². The summed E-state index contributed by atoms with van der Waals surface area (Å²) in [7, 11) is -3.40. The lowest BCUT2D eigenvalue weighted by atomic mass is 10.3. The van der Waals surface area contributed by atoms with Gasteiger partial charge in [0.15, 0.2) is 9.84 Å². The van der Waals surface area contributed by atoms with E-state index in [4.69, 9.17) is 34.8 Å². The highest BCUT2D eigenvalue weighted by molar-refractivity contribution is 7.92. The fraction of sp³-hybridized carbons (Fsp3) is 0.364. The molecule has 0 unspecified atom stereocenters. The van der Waals surface area contributed by atoms with E-state index in [-0.39, 0.29) is 21.5 Å². The number of nitrogens with one attached hydrogen (secondary N) is 2. The number of halogens is 3. The van der Waals surface area contributed by atoms with Crippen LogP contribution in [-0.4, -0.2) is 25.8 Å². The van der Waals surface area contributed by atoms with Crippen LogP contribution in [-0.2, 0) is 14.6 Å². The lowest BCUT2D eigenvalue weighted by Gasteiger charge is -2.12. The molecule has 0 radical (unpaired) electrons. The van der Waals surface area contributed by atoms with E-state index < -0.39 is 21.5 Å². The minimum Gasteiger partial charge on any atom is -0.296 e. The van der Waals surface area contributed by atoms with Crippen molar-refractivity contribution in [3.63, 3.8) is 0 Å². The first-order valence-electron chi connectivity index (χ1n) is 5.65. The Morgan fingerprint density at radius 3 is 2.25 bits per heavy atom. The van der Waals surface area contributed by atoms with Gasteiger partial charge in [-0.15, -0.1) is 0 Å². The Bertz CT molecular complexity index is 582. The Kier molecular flexibility index (Phi) is 6.39. The molecule has 0 aliphatic carbocycles. The molecule has 0 saturated carbocycles. The van der Waals surface area contributed by atoms with Crippen LogP contribution in [0, 0.1) is 0 Å². The number of hydrazine groups is 1. The number of carbonyl (C=O) groups excluding carboxylic acids is 1. The van der Waals surface area contributed by atoms with E-state index in [0.717, 1.165) is 0 Å². The Balaban J connectivity index is 2.67. The van der Waals surface area contributed by atoms with Crippen molar-refractivity contribution in [1.82, 2.24) is 5.43 Å². The molecule has 1 aromatic rings. The molecule has 0 atom stereocenters. The number of sulfone groups is 1. The van der Waals surface area contributed by atoms with Crippen LogP contribution in [0.2, 0.25) is 15.1 Å². The quantitative estimate of drug-likeness (QED) is 0.766. The summed E-state index contributed by atoms with van der Waals surface area (Å²) in [5.74, 6) is -1.33. The van der Waals surface area contributed by atoms with Gasteiger partial charge in [-0.25, -0.2) is 8.42 Å². The van der Waals surface area contributed by atoms with E-state index in [9.17, 15) is 13.2 Å². The van der Waals surface area contributed by atoms with Crippen LogP contribution in [0.25, 0.3) is 0 Å². The van der Waals surface area contributed by atoms with Crippen molar-refractivity contribution >= 4 is 56.2 Å². The molecule has 1 rings (SSSR count). The Morgan fingerprint density at radius 1 is 1.20 bits per heavy atom. The number of amides is 1. The van der Waals surface area contributed by atoms with Crippen LogP contribution in [0.3, 0.4) is 0 Å². The minimum atomic E-state index is -3.40. The lowest BCUT2D eigenvalue weighted by Crippen LogP contribution is -2.35. The summed E-state index contributed by atoms with van der Waals surface area (Å²) in [5, 5.41) is 0.765. The van der Waals surface area contributed by atoms with E-state index in [2.05, 4.69) is 10.9 Å². The van der Waals surface area contributed by atoms with Crippen molar-refractivity contribution in [1.29, 1.82) is 0 Å². The molecule has 0 aliphatic heterocycles. The summed E-state index contributed by atoms with van der Waals surface area (Å²) < 4.78 is 22.9. The van der Waals surface area contributed by atoms with Crippen LogP contribution in [0.4, 0.5) is 5.69 Å². The van der Waals surface area contributed by atoms with Crippen molar-refractivity contribution in [2.45, 2.75) is 13.3 Å². The van der Waals surface area contributed by atoms with Gasteiger partial charge in [-0.1, -0.05) is 41.7 Å². The van der Waals surface area contributed by atoms with Crippen molar-refractivity contribution < 1.29 is 13.2 Å². The Labute approximate surface area is 132 Å². The zero-order valence-electron chi connectivity index (χ0n) is 10.5. The molecule has 1 amide bonds. The number of hydrogen-bond donors (Lipinski definition) is 2. The highest BCUT2D eigenvalue weighted by Gasteiger charge is 2.16. The van der Waals surface area contributed by atoms with E-state index >= 15 is 0 Å². The Morgan fingerprint density at radius 2 is 1.75 bits per heavy atom. The highest BCUT2D eigenvalue weighted by Crippen LogP contribution is 2.32. The summed E-state index contributed by atoms with van der Waals surface area (Å²) >= 11 is 17.5. The van der Waals surface area contributed by atoms with Crippen molar-refractivity contribution in [3.05, 3.63) is 27.2 Å². The first-order valence-corrected chi connectivity index (χ1v) is 8.60. The third-order valence-electron chi connectivity index (χ3n) is 2.20. The van der Waals surface area contributed by atoms with E-state index in [1.807, 2.05) is 0 Å². The zero-order valence-corrected chi connectivity index (χ0v) is 13.6. The maximum Gasteiger partial charge on any atom is 0.253 e. The molecular weight excluding hydrogens is 347 g/mol. The normalized spacial score (nSPS) is 11.2. The minimum absolute atomic E-state index is 0.0388. The topological polar surface area (TPSA) is 75.3 Å². The fourth-order valence-electron chi connectivity index (χ4n) is 1.41. The van der Waals surface area contributed by atoms with Gasteiger partial charge in [0.25, 0.3) is 5.91 Å². The molecule has 0 aliphatic rings.